The summed E-state index contributed by atoms with van der Waals surface area (Å²) in [4.78, 5) is 2.51. The molecule has 2 atom stereocenters. The quantitative estimate of drug-likeness (QED) is 0.890. The molecule has 2 heterocycles. The SMILES string of the molecule is c1ccc2c(c1)CCN2CC1CCC(CNC2CC2)O1. The molecule has 1 saturated heterocycles. The molecule has 3 nitrogen and oxygen atoms in total. The molecule has 0 bridgehead atoms. The Hall–Kier alpha value is -1.06. The molecule has 108 valence electrons. The molecule has 2 unspecified atom stereocenters. The molecule has 0 spiro atoms. The standard InChI is InChI=1S/C17H24N2O/c1-2-4-17-13(3-1)9-10-19(17)12-16-8-7-15(20-16)11-18-14-5-6-14/h1-4,14-16,18H,5-12H2. The highest BCUT2D eigenvalue weighted by Gasteiger charge is 2.30. The third-order valence-electron chi connectivity index (χ3n) is 4.81. The average molecular weight is 272 g/mol. The molecule has 0 radical (unpaired) electrons. The van der Waals surface area contributed by atoms with E-state index in [-0.39, 0.29) is 0 Å². The van der Waals surface area contributed by atoms with Gasteiger partial charge in [-0.05, 0) is 43.7 Å². The third-order valence-corrected chi connectivity index (χ3v) is 4.81. The molecule has 3 aliphatic rings. The van der Waals surface area contributed by atoms with E-state index in [1.165, 1.54) is 43.4 Å². The number of para-hydroxylation sites is 1. The highest BCUT2D eigenvalue weighted by Crippen LogP contribution is 2.30. The van der Waals surface area contributed by atoms with Crippen LogP contribution in [0.3, 0.4) is 0 Å². The smallest absolute Gasteiger partial charge is 0.0755 e. The van der Waals surface area contributed by atoms with Crippen molar-refractivity contribution in [3.63, 3.8) is 0 Å². The van der Waals surface area contributed by atoms with Gasteiger partial charge in [0.15, 0.2) is 0 Å². The molecular formula is C17H24N2O. The summed E-state index contributed by atoms with van der Waals surface area (Å²) in [5, 5.41) is 3.59. The third kappa shape index (κ3) is 2.70. The van der Waals surface area contributed by atoms with Gasteiger partial charge in [-0.15, -0.1) is 0 Å². The minimum Gasteiger partial charge on any atom is -0.372 e. The van der Waals surface area contributed by atoms with Crippen molar-refractivity contribution in [3.05, 3.63) is 29.8 Å². The number of rotatable bonds is 5. The maximum absolute atomic E-state index is 6.21. The normalized spacial score (nSPS) is 28.9. The van der Waals surface area contributed by atoms with E-state index in [1.807, 2.05) is 0 Å². The zero-order valence-corrected chi connectivity index (χ0v) is 12.1. The Morgan fingerprint density at radius 3 is 2.85 bits per heavy atom. The monoisotopic (exact) mass is 272 g/mol. The van der Waals surface area contributed by atoms with E-state index in [0.717, 1.165) is 25.7 Å². The zero-order valence-electron chi connectivity index (χ0n) is 12.1. The minimum atomic E-state index is 0.423. The van der Waals surface area contributed by atoms with Gasteiger partial charge in [0.25, 0.3) is 0 Å². The van der Waals surface area contributed by atoms with Crippen molar-refractivity contribution >= 4 is 5.69 Å². The van der Waals surface area contributed by atoms with Crippen molar-refractivity contribution < 1.29 is 4.74 Å². The summed E-state index contributed by atoms with van der Waals surface area (Å²) in [7, 11) is 0. The van der Waals surface area contributed by atoms with Crippen LogP contribution in [0.1, 0.15) is 31.2 Å². The molecule has 3 heteroatoms. The molecule has 0 aromatic heterocycles. The summed E-state index contributed by atoms with van der Waals surface area (Å²) in [6, 6.07) is 9.60. The van der Waals surface area contributed by atoms with Crippen LogP contribution in [-0.2, 0) is 11.2 Å². The van der Waals surface area contributed by atoms with Crippen LogP contribution in [0.15, 0.2) is 24.3 Å². The van der Waals surface area contributed by atoms with Crippen LogP contribution >= 0.6 is 0 Å². The fourth-order valence-electron chi connectivity index (χ4n) is 3.49. The molecule has 1 N–H and O–H groups in total. The minimum absolute atomic E-state index is 0.423. The van der Waals surface area contributed by atoms with Crippen LogP contribution in [0.25, 0.3) is 0 Å². The van der Waals surface area contributed by atoms with Crippen LogP contribution in [0.4, 0.5) is 5.69 Å². The lowest BCUT2D eigenvalue weighted by molar-refractivity contribution is 0.0494. The van der Waals surface area contributed by atoms with Crippen molar-refractivity contribution in [2.24, 2.45) is 0 Å². The van der Waals surface area contributed by atoms with E-state index in [1.54, 1.807) is 0 Å². The van der Waals surface area contributed by atoms with E-state index >= 15 is 0 Å². The second-order valence-electron chi connectivity index (χ2n) is 6.46. The molecule has 1 saturated carbocycles. The summed E-state index contributed by atoms with van der Waals surface area (Å²) < 4.78 is 6.21. The molecule has 1 aromatic carbocycles. The van der Waals surface area contributed by atoms with Gasteiger partial charge < -0.3 is 15.0 Å². The Morgan fingerprint density at radius 2 is 1.95 bits per heavy atom. The lowest BCUT2D eigenvalue weighted by Gasteiger charge is -2.23. The number of nitrogens with one attached hydrogen (secondary N) is 1. The number of nitrogens with zero attached hydrogens (tertiary/aromatic N) is 1. The fraction of sp³-hybridized carbons (Fsp3) is 0.647. The summed E-state index contributed by atoms with van der Waals surface area (Å²) in [5.41, 5.74) is 2.92. The first kappa shape index (κ1) is 12.7. The molecule has 0 amide bonds. The Morgan fingerprint density at radius 1 is 1.10 bits per heavy atom. The van der Waals surface area contributed by atoms with Crippen LogP contribution in [0.2, 0.25) is 0 Å². The number of anilines is 1. The maximum Gasteiger partial charge on any atom is 0.0755 e. The first-order valence-corrected chi connectivity index (χ1v) is 8.10. The van der Waals surface area contributed by atoms with E-state index in [0.29, 0.717) is 12.2 Å². The fourth-order valence-corrected chi connectivity index (χ4v) is 3.49. The van der Waals surface area contributed by atoms with Crippen LogP contribution in [-0.4, -0.2) is 37.9 Å². The van der Waals surface area contributed by atoms with Crippen LogP contribution < -0.4 is 10.2 Å². The van der Waals surface area contributed by atoms with Gasteiger partial charge in [0.1, 0.15) is 0 Å². The van der Waals surface area contributed by atoms with Crippen LogP contribution in [0, 0.1) is 0 Å². The molecule has 2 fully saturated rings. The lowest BCUT2D eigenvalue weighted by atomic mass is 10.1. The molecule has 1 aromatic rings. The van der Waals surface area contributed by atoms with Gasteiger partial charge in [0.2, 0.25) is 0 Å². The van der Waals surface area contributed by atoms with Gasteiger partial charge in [-0.1, -0.05) is 18.2 Å². The highest BCUT2D eigenvalue weighted by atomic mass is 16.5. The largest absolute Gasteiger partial charge is 0.372 e. The number of fused-ring (bicyclic) bond motifs is 1. The van der Waals surface area contributed by atoms with Gasteiger partial charge in [-0.2, -0.15) is 0 Å². The lowest BCUT2D eigenvalue weighted by Crippen LogP contribution is -2.33. The number of ether oxygens (including phenoxy) is 1. The first-order chi connectivity index (χ1) is 9.88. The first-order valence-electron chi connectivity index (χ1n) is 8.10. The van der Waals surface area contributed by atoms with Gasteiger partial charge in [0.05, 0.1) is 12.2 Å². The summed E-state index contributed by atoms with van der Waals surface area (Å²) in [6.45, 7) is 3.28. The van der Waals surface area contributed by atoms with Crippen molar-refractivity contribution in [2.75, 3.05) is 24.5 Å². The van der Waals surface area contributed by atoms with E-state index in [2.05, 4.69) is 34.5 Å². The topological polar surface area (TPSA) is 24.5 Å². The van der Waals surface area contributed by atoms with Gasteiger partial charge in [-0.25, -0.2) is 0 Å². The molecule has 20 heavy (non-hydrogen) atoms. The molecule has 2 aliphatic heterocycles. The molecule has 4 rings (SSSR count). The second kappa shape index (κ2) is 5.38. The van der Waals surface area contributed by atoms with Gasteiger partial charge >= 0.3 is 0 Å². The maximum atomic E-state index is 6.21. The molecular weight excluding hydrogens is 248 g/mol. The zero-order chi connectivity index (χ0) is 13.4. The Bertz CT molecular complexity index is 472. The predicted molar refractivity (Wildman–Crippen MR) is 81.3 cm³/mol. The number of hydrogen-bond acceptors (Lipinski definition) is 3. The van der Waals surface area contributed by atoms with Gasteiger partial charge in [-0.3, -0.25) is 0 Å². The molecule has 1 aliphatic carbocycles. The summed E-state index contributed by atoms with van der Waals surface area (Å²) >= 11 is 0. The number of benzene rings is 1. The summed E-state index contributed by atoms with van der Waals surface area (Å²) in [5.74, 6) is 0. The van der Waals surface area contributed by atoms with E-state index < -0.39 is 0 Å². The van der Waals surface area contributed by atoms with Crippen molar-refractivity contribution in [1.82, 2.24) is 5.32 Å². The van der Waals surface area contributed by atoms with Crippen molar-refractivity contribution in [2.45, 2.75) is 50.4 Å². The Balaban J connectivity index is 1.30. The number of hydrogen-bond donors (Lipinski definition) is 1. The predicted octanol–water partition coefficient (Wildman–Crippen LogP) is 2.35. The van der Waals surface area contributed by atoms with Crippen LogP contribution in [0.5, 0.6) is 0 Å². The Kier molecular flexibility index (Phi) is 3.41. The highest BCUT2D eigenvalue weighted by molar-refractivity contribution is 5.57. The summed E-state index contributed by atoms with van der Waals surface area (Å²) in [6.07, 6.45) is 7.22. The average Bonchev–Trinajstić information content (AvgIpc) is 3.06. The van der Waals surface area contributed by atoms with Crippen molar-refractivity contribution in [3.8, 4) is 0 Å². The second-order valence-corrected chi connectivity index (χ2v) is 6.46. The van der Waals surface area contributed by atoms with Crippen molar-refractivity contribution in [1.29, 1.82) is 0 Å². The Labute approximate surface area is 121 Å². The van der Waals surface area contributed by atoms with Gasteiger partial charge in [0, 0.05) is 31.4 Å². The van der Waals surface area contributed by atoms with E-state index in [4.69, 9.17) is 4.74 Å². The van der Waals surface area contributed by atoms with E-state index in [9.17, 15) is 0 Å².